The number of carbonyl (C=O) groups is 2. The molecule has 0 saturated carbocycles. The van der Waals surface area contributed by atoms with Gasteiger partial charge in [-0.1, -0.05) is 6.92 Å². The SMILES string of the molecule is CNCCCOCCOCCCNC(=O)C(C)CC(=O)C(C)N. The zero-order valence-electron chi connectivity index (χ0n) is 14.7. The smallest absolute Gasteiger partial charge is 0.223 e. The zero-order valence-corrected chi connectivity index (χ0v) is 14.7. The van der Waals surface area contributed by atoms with Crippen LogP contribution < -0.4 is 16.4 Å². The lowest BCUT2D eigenvalue weighted by Gasteiger charge is -2.13. The van der Waals surface area contributed by atoms with E-state index < -0.39 is 6.04 Å². The molecule has 4 N–H and O–H groups in total. The molecule has 0 saturated heterocycles. The number of rotatable bonds is 15. The number of amides is 1. The number of ether oxygens (including phenoxy) is 2. The fraction of sp³-hybridized carbons (Fsp3) is 0.875. The van der Waals surface area contributed by atoms with Crippen LogP contribution in [0.1, 0.15) is 33.1 Å². The first kappa shape index (κ1) is 22.0. The maximum absolute atomic E-state index is 11.8. The molecule has 0 rings (SSSR count). The van der Waals surface area contributed by atoms with Crippen molar-refractivity contribution in [3.63, 3.8) is 0 Å². The van der Waals surface area contributed by atoms with Gasteiger partial charge in [0.2, 0.25) is 5.91 Å². The largest absolute Gasteiger partial charge is 0.379 e. The second kappa shape index (κ2) is 14.6. The van der Waals surface area contributed by atoms with Crippen LogP contribution in [0.25, 0.3) is 0 Å². The van der Waals surface area contributed by atoms with Crippen molar-refractivity contribution < 1.29 is 19.1 Å². The highest BCUT2D eigenvalue weighted by atomic mass is 16.5. The summed E-state index contributed by atoms with van der Waals surface area (Å²) in [6, 6.07) is -0.515. The molecule has 0 radical (unpaired) electrons. The normalized spacial score (nSPS) is 13.6. The Morgan fingerprint density at radius 3 is 2.09 bits per heavy atom. The Labute approximate surface area is 139 Å². The zero-order chi connectivity index (χ0) is 17.5. The van der Waals surface area contributed by atoms with E-state index in [1.54, 1.807) is 13.8 Å². The highest BCUT2D eigenvalue weighted by Crippen LogP contribution is 2.04. The van der Waals surface area contributed by atoms with Gasteiger partial charge in [-0.2, -0.15) is 0 Å². The Hall–Kier alpha value is -1.02. The number of carbonyl (C=O) groups excluding carboxylic acids is 2. The summed E-state index contributed by atoms with van der Waals surface area (Å²) in [6.45, 7) is 7.32. The van der Waals surface area contributed by atoms with E-state index in [1.165, 1.54) is 0 Å². The minimum Gasteiger partial charge on any atom is -0.379 e. The van der Waals surface area contributed by atoms with Crippen LogP contribution in [0.4, 0.5) is 0 Å². The molecule has 136 valence electrons. The van der Waals surface area contributed by atoms with Gasteiger partial charge in [-0.3, -0.25) is 9.59 Å². The molecule has 0 aromatic rings. The van der Waals surface area contributed by atoms with Crippen LogP contribution in [0, 0.1) is 5.92 Å². The van der Waals surface area contributed by atoms with Gasteiger partial charge >= 0.3 is 0 Å². The van der Waals surface area contributed by atoms with Crippen LogP contribution in [0.5, 0.6) is 0 Å². The standard InChI is InChI=1S/C16H33N3O4/c1-13(12-15(20)14(2)17)16(21)19-7-5-9-23-11-10-22-8-4-6-18-3/h13-14,18H,4-12,17H2,1-3H3,(H,19,21). The molecule has 0 aliphatic heterocycles. The first-order valence-electron chi connectivity index (χ1n) is 8.35. The molecular weight excluding hydrogens is 298 g/mol. The highest BCUT2D eigenvalue weighted by Gasteiger charge is 2.18. The summed E-state index contributed by atoms with van der Waals surface area (Å²) in [5.74, 6) is -0.557. The van der Waals surface area contributed by atoms with Crippen LogP contribution in [-0.2, 0) is 19.1 Å². The maximum atomic E-state index is 11.8. The first-order chi connectivity index (χ1) is 11.0. The third kappa shape index (κ3) is 13.1. The Bertz CT molecular complexity index is 324. The maximum Gasteiger partial charge on any atom is 0.223 e. The van der Waals surface area contributed by atoms with Crippen LogP contribution in [0.3, 0.4) is 0 Å². The van der Waals surface area contributed by atoms with Crippen molar-refractivity contribution in [1.82, 2.24) is 10.6 Å². The van der Waals surface area contributed by atoms with Crippen molar-refractivity contribution in [3.05, 3.63) is 0 Å². The van der Waals surface area contributed by atoms with Gasteiger partial charge in [0.05, 0.1) is 19.3 Å². The average Bonchev–Trinajstić information content (AvgIpc) is 2.52. The van der Waals surface area contributed by atoms with Crippen molar-refractivity contribution >= 4 is 11.7 Å². The van der Waals surface area contributed by atoms with Crippen LogP contribution in [-0.4, -0.2) is 64.3 Å². The molecule has 23 heavy (non-hydrogen) atoms. The van der Waals surface area contributed by atoms with E-state index in [0.29, 0.717) is 26.4 Å². The molecule has 0 aromatic carbocycles. The molecule has 1 amide bonds. The van der Waals surface area contributed by atoms with Gasteiger partial charge in [0.25, 0.3) is 0 Å². The topological polar surface area (TPSA) is 103 Å². The summed E-state index contributed by atoms with van der Waals surface area (Å²) >= 11 is 0. The van der Waals surface area contributed by atoms with Gasteiger partial charge in [0.1, 0.15) is 5.78 Å². The molecule has 7 heteroatoms. The molecule has 0 heterocycles. The van der Waals surface area contributed by atoms with E-state index >= 15 is 0 Å². The Morgan fingerprint density at radius 2 is 1.57 bits per heavy atom. The highest BCUT2D eigenvalue weighted by molar-refractivity contribution is 5.89. The molecule has 0 aliphatic carbocycles. The number of Topliss-reactive ketones (excluding diaryl/α,β-unsaturated/α-hetero) is 1. The monoisotopic (exact) mass is 331 g/mol. The van der Waals surface area contributed by atoms with E-state index in [-0.39, 0.29) is 24.0 Å². The van der Waals surface area contributed by atoms with Crippen molar-refractivity contribution in [2.75, 3.05) is 46.6 Å². The number of nitrogens with one attached hydrogen (secondary N) is 2. The van der Waals surface area contributed by atoms with Crippen molar-refractivity contribution in [1.29, 1.82) is 0 Å². The van der Waals surface area contributed by atoms with Crippen molar-refractivity contribution in [2.45, 2.75) is 39.2 Å². The molecule has 0 aromatic heterocycles. The van der Waals surface area contributed by atoms with Gasteiger partial charge in [0, 0.05) is 32.1 Å². The molecule has 0 spiro atoms. The minimum atomic E-state index is -0.515. The van der Waals surface area contributed by atoms with E-state index in [4.69, 9.17) is 15.2 Å². The third-order valence-electron chi connectivity index (χ3n) is 3.31. The molecule has 7 nitrogen and oxygen atoms in total. The second-order valence-electron chi connectivity index (χ2n) is 5.69. The summed E-state index contributed by atoms with van der Waals surface area (Å²) in [7, 11) is 1.92. The molecule has 2 atom stereocenters. The van der Waals surface area contributed by atoms with Gasteiger partial charge in [-0.05, 0) is 33.4 Å². The Kier molecular flexibility index (Phi) is 13.9. The summed E-state index contributed by atoms with van der Waals surface area (Å²) < 4.78 is 10.8. The van der Waals surface area contributed by atoms with E-state index in [2.05, 4.69) is 10.6 Å². The van der Waals surface area contributed by atoms with Gasteiger partial charge in [-0.15, -0.1) is 0 Å². The number of hydrogen-bond donors (Lipinski definition) is 3. The van der Waals surface area contributed by atoms with E-state index in [1.807, 2.05) is 7.05 Å². The van der Waals surface area contributed by atoms with E-state index in [0.717, 1.165) is 26.0 Å². The second-order valence-corrected chi connectivity index (χ2v) is 5.69. The van der Waals surface area contributed by atoms with Gasteiger partial charge < -0.3 is 25.8 Å². The molecule has 2 unspecified atom stereocenters. The summed E-state index contributed by atoms with van der Waals surface area (Å²) in [4.78, 5) is 23.3. The predicted octanol–water partition coefficient (Wildman–Crippen LogP) is 0.0779. The van der Waals surface area contributed by atoms with Gasteiger partial charge in [0.15, 0.2) is 0 Å². The fourth-order valence-corrected chi connectivity index (χ4v) is 1.81. The minimum absolute atomic E-state index is 0.0919. The summed E-state index contributed by atoms with van der Waals surface area (Å²) in [6.07, 6.45) is 1.91. The van der Waals surface area contributed by atoms with Crippen LogP contribution in [0.15, 0.2) is 0 Å². The predicted molar refractivity (Wildman–Crippen MR) is 90.2 cm³/mol. The van der Waals surface area contributed by atoms with Crippen LogP contribution >= 0.6 is 0 Å². The summed E-state index contributed by atoms with van der Waals surface area (Å²) in [5.41, 5.74) is 5.49. The lowest BCUT2D eigenvalue weighted by molar-refractivity contribution is -0.129. The lowest BCUT2D eigenvalue weighted by atomic mass is 10.0. The number of ketones is 1. The van der Waals surface area contributed by atoms with Crippen molar-refractivity contribution in [2.24, 2.45) is 11.7 Å². The van der Waals surface area contributed by atoms with Crippen LogP contribution in [0.2, 0.25) is 0 Å². The molecular formula is C16H33N3O4. The first-order valence-corrected chi connectivity index (χ1v) is 8.35. The fourth-order valence-electron chi connectivity index (χ4n) is 1.81. The third-order valence-corrected chi connectivity index (χ3v) is 3.31. The molecule has 0 bridgehead atoms. The Morgan fingerprint density at radius 1 is 1.00 bits per heavy atom. The quantitative estimate of drug-likeness (QED) is 0.367. The van der Waals surface area contributed by atoms with Crippen molar-refractivity contribution in [3.8, 4) is 0 Å². The lowest BCUT2D eigenvalue weighted by Crippen LogP contribution is -2.35. The number of nitrogens with two attached hydrogens (primary N) is 1. The Balaban J connectivity index is 3.43. The average molecular weight is 331 g/mol. The number of hydrogen-bond acceptors (Lipinski definition) is 6. The van der Waals surface area contributed by atoms with E-state index in [9.17, 15) is 9.59 Å². The molecule has 0 aliphatic rings. The molecule has 0 fully saturated rings. The summed E-state index contributed by atoms with van der Waals surface area (Å²) in [5, 5.41) is 5.86. The van der Waals surface area contributed by atoms with Gasteiger partial charge in [-0.25, -0.2) is 0 Å².